The van der Waals surface area contributed by atoms with Crippen molar-refractivity contribution in [1.82, 2.24) is 4.90 Å². The molecule has 2 unspecified atom stereocenters. The fraction of sp³-hybridized carbons (Fsp3) is 0.462. The van der Waals surface area contributed by atoms with Crippen molar-refractivity contribution < 1.29 is 28.2 Å². The molecule has 0 spiro atoms. The van der Waals surface area contributed by atoms with Crippen LogP contribution in [0.5, 0.6) is 0 Å². The zero-order chi connectivity index (χ0) is 15.8. The van der Waals surface area contributed by atoms with Crippen molar-refractivity contribution in [2.75, 3.05) is 25.5 Å². The van der Waals surface area contributed by atoms with Crippen LogP contribution < -0.4 is 5.32 Å². The largest absolute Gasteiger partial charge is 0.416 e. The molecule has 1 saturated heterocycles. The van der Waals surface area contributed by atoms with Crippen molar-refractivity contribution in [1.29, 1.82) is 0 Å². The number of carbonyl (C=O) groups excluding carboxylic acids is 1. The van der Waals surface area contributed by atoms with Gasteiger partial charge in [0.2, 0.25) is 0 Å². The van der Waals surface area contributed by atoms with Crippen LogP contribution in [0.25, 0.3) is 0 Å². The summed E-state index contributed by atoms with van der Waals surface area (Å²) in [5, 5.41) is 21.5. The molecule has 0 aromatic heterocycles. The zero-order valence-electron chi connectivity index (χ0n) is 11.2. The standard InChI is InChI=1S/C13H15F3N2O3/c1-17-9-3-2-7(13(14,15)16)4-8(9)12(21)18-5-10(19)11(20)6-18/h2-4,10-11,17,19-20H,5-6H2,1H3. The highest BCUT2D eigenvalue weighted by Crippen LogP contribution is 2.32. The van der Waals surface area contributed by atoms with Gasteiger partial charge < -0.3 is 20.4 Å². The van der Waals surface area contributed by atoms with Gasteiger partial charge in [0.1, 0.15) is 0 Å². The SMILES string of the molecule is CNc1ccc(C(F)(F)F)cc1C(=O)N1CC(O)C(O)C1. The van der Waals surface area contributed by atoms with Crippen LogP contribution in [-0.2, 0) is 6.18 Å². The number of aliphatic hydroxyl groups excluding tert-OH is 2. The van der Waals surface area contributed by atoms with E-state index in [2.05, 4.69) is 5.32 Å². The Kier molecular flexibility index (Phi) is 4.11. The number of likely N-dealkylation sites (tertiary alicyclic amines) is 1. The number of amides is 1. The minimum absolute atomic E-state index is 0.112. The number of alkyl halides is 3. The van der Waals surface area contributed by atoms with Gasteiger partial charge in [0.05, 0.1) is 23.3 Å². The molecular weight excluding hydrogens is 289 g/mol. The molecule has 1 fully saturated rings. The Labute approximate surface area is 119 Å². The number of aliphatic hydroxyl groups is 2. The number of benzene rings is 1. The molecular formula is C13H15F3N2O3. The molecule has 8 heteroatoms. The fourth-order valence-corrected chi connectivity index (χ4v) is 2.22. The number of rotatable bonds is 2. The van der Waals surface area contributed by atoms with E-state index in [4.69, 9.17) is 0 Å². The van der Waals surface area contributed by atoms with Crippen molar-refractivity contribution in [2.24, 2.45) is 0 Å². The first-order chi connectivity index (χ1) is 9.74. The molecule has 1 aliphatic rings. The second-order valence-corrected chi connectivity index (χ2v) is 4.85. The summed E-state index contributed by atoms with van der Waals surface area (Å²) in [5.74, 6) is -0.666. The van der Waals surface area contributed by atoms with E-state index in [-0.39, 0.29) is 24.3 Å². The van der Waals surface area contributed by atoms with Crippen LogP contribution in [0.2, 0.25) is 0 Å². The first kappa shape index (κ1) is 15.6. The van der Waals surface area contributed by atoms with Gasteiger partial charge in [-0.2, -0.15) is 13.2 Å². The Hall–Kier alpha value is -1.80. The maximum Gasteiger partial charge on any atom is 0.416 e. The van der Waals surface area contributed by atoms with Gasteiger partial charge in [0, 0.05) is 25.8 Å². The average molecular weight is 304 g/mol. The van der Waals surface area contributed by atoms with Gasteiger partial charge in [0.25, 0.3) is 5.91 Å². The number of hydrogen-bond acceptors (Lipinski definition) is 4. The van der Waals surface area contributed by atoms with E-state index in [9.17, 15) is 28.2 Å². The summed E-state index contributed by atoms with van der Waals surface area (Å²) in [4.78, 5) is 13.4. The molecule has 0 aliphatic carbocycles. The third-order valence-electron chi connectivity index (χ3n) is 3.39. The lowest BCUT2D eigenvalue weighted by Crippen LogP contribution is -2.30. The molecule has 1 aromatic rings. The minimum atomic E-state index is -4.55. The molecule has 1 heterocycles. The Morgan fingerprint density at radius 1 is 1.29 bits per heavy atom. The maximum atomic E-state index is 12.7. The fourth-order valence-electron chi connectivity index (χ4n) is 2.22. The van der Waals surface area contributed by atoms with Gasteiger partial charge in [-0.25, -0.2) is 0 Å². The van der Waals surface area contributed by atoms with E-state index in [0.717, 1.165) is 17.0 Å². The van der Waals surface area contributed by atoms with Crippen molar-refractivity contribution in [3.63, 3.8) is 0 Å². The molecule has 0 saturated carbocycles. The lowest BCUT2D eigenvalue weighted by Gasteiger charge is -2.19. The van der Waals surface area contributed by atoms with Crippen molar-refractivity contribution in [2.45, 2.75) is 18.4 Å². The van der Waals surface area contributed by atoms with E-state index < -0.39 is 29.9 Å². The number of anilines is 1. The van der Waals surface area contributed by atoms with Crippen LogP contribution in [0.4, 0.5) is 18.9 Å². The molecule has 5 nitrogen and oxygen atoms in total. The minimum Gasteiger partial charge on any atom is -0.388 e. The van der Waals surface area contributed by atoms with Gasteiger partial charge in [-0.3, -0.25) is 4.79 Å². The predicted molar refractivity (Wildman–Crippen MR) is 68.9 cm³/mol. The summed E-state index contributed by atoms with van der Waals surface area (Å²) in [6.07, 6.45) is -6.72. The molecule has 1 amide bonds. The molecule has 1 aliphatic heterocycles. The second kappa shape index (κ2) is 5.53. The van der Waals surface area contributed by atoms with Crippen LogP contribution >= 0.6 is 0 Å². The summed E-state index contributed by atoms with van der Waals surface area (Å²) in [5.41, 5.74) is -0.817. The summed E-state index contributed by atoms with van der Waals surface area (Å²) in [6, 6.07) is 2.83. The highest BCUT2D eigenvalue weighted by molar-refractivity contribution is 6.00. The van der Waals surface area contributed by atoms with Crippen molar-refractivity contribution >= 4 is 11.6 Å². The normalized spacial score (nSPS) is 22.5. The third-order valence-corrected chi connectivity index (χ3v) is 3.39. The molecule has 21 heavy (non-hydrogen) atoms. The van der Waals surface area contributed by atoms with Gasteiger partial charge >= 0.3 is 6.18 Å². The van der Waals surface area contributed by atoms with Gasteiger partial charge in [-0.1, -0.05) is 0 Å². The predicted octanol–water partition coefficient (Wildman–Crippen LogP) is 0.925. The van der Waals surface area contributed by atoms with Gasteiger partial charge in [-0.05, 0) is 18.2 Å². The topological polar surface area (TPSA) is 72.8 Å². The smallest absolute Gasteiger partial charge is 0.388 e. The van der Waals surface area contributed by atoms with Gasteiger partial charge in [-0.15, -0.1) is 0 Å². The average Bonchev–Trinajstić information content (AvgIpc) is 2.76. The summed E-state index contributed by atoms with van der Waals surface area (Å²) in [7, 11) is 1.49. The summed E-state index contributed by atoms with van der Waals surface area (Å²) in [6.45, 7) is -0.223. The van der Waals surface area contributed by atoms with Crippen LogP contribution in [0.15, 0.2) is 18.2 Å². The summed E-state index contributed by atoms with van der Waals surface area (Å²) >= 11 is 0. The van der Waals surface area contributed by atoms with E-state index >= 15 is 0 Å². The molecule has 0 radical (unpaired) electrons. The molecule has 2 atom stereocenters. The van der Waals surface area contributed by atoms with E-state index in [1.807, 2.05) is 0 Å². The number of carbonyl (C=O) groups is 1. The van der Waals surface area contributed by atoms with Gasteiger partial charge in [0.15, 0.2) is 0 Å². The van der Waals surface area contributed by atoms with Crippen molar-refractivity contribution in [3.8, 4) is 0 Å². The van der Waals surface area contributed by atoms with Crippen LogP contribution in [0.3, 0.4) is 0 Å². The highest BCUT2D eigenvalue weighted by atomic mass is 19.4. The monoisotopic (exact) mass is 304 g/mol. The maximum absolute atomic E-state index is 12.7. The third kappa shape index (κ3) is 3.11. The Morgan fingerprint density at radius 3 is 2.33 bits per heavy atom. The quantitative estimate of drug-likeness (QED) is 0.760. The first-order valence-corrected chi connectivity index (χ1v) is 6.28. The molecule has 3 N–H and O–H groups in total. The number of β-amino-alcohol motifs (C(OH)–C–C–N with tert-alkyl or cyclic N) is 2. The molecule has 2 rings (SSSR count). The highest BCUT2D eigenvalue weighted by Gasteiger charge is 2.36. The van der Waals surface area contributed by atoms with Crippen LogP contribution in [0.1, 0.15) is 15.9 Å². The number of nitrogens with one attached hydrogen (secondary N) is 1. The Morgan fingerprint density at radius 2 is 1.86 bits per heavy atom. The van der Waals surface area contributed by atoms with E-state index in [1.54, 1.807) is 0 Å². The summed E-state index contributed by atoms with van der Waals surface area (Å²) < 4.78 is 38.2. The van der Waals surface area contributed by atoms with E-state index in [0.29, 0.717) is 0 Å². The Bertz CT molecular complexity index is 538. The Balaban J connectivity index is 2.35. The van der Waals surface area contributed by atoms with Crippen molar-refractivity contribution in [3.05, 3.63) is 29.3 Å². The first-order valence-electron chi connectivity index (χ1n) is 6.28. The molecule has 1 aromatic carbocycles. The lowest BCUT2D eigenvalue weighted by atomic mass is 10.1. The lowest BCUT2D eigenvalue weighted by molar-refractivity contribution is -0.137. The number of halogens is 3. The number of hydrogen-bond donors (Lipinski definition) is 3. The second-order valence-electron chi connectivity index (χ2n) is 4.85. The molecule has 116 valence electrons. The van der Waals surface area contributed by atoms with Crippen LogP contribution in [0, 0.1) is 0 Å². The van der Waals surface area contributed by atoms with E-state index in [1.165, 1.54) is 13.1 Å². The molecule has 0 bridgehead atoms. The number of nitrogens with zero attached hydrogens (tertiary/aromatic N) is 1. The van der Waals surface area contributed by atoms with Crippen LogP contribution in [-0.4, -0.2) is 53.4 Å². The zero-order valence-corrected chi connectivity index (χ0v) is 11.2.